The van der Waals surface area contributed by atoms with Crippen molar-refractivity contribution in [2.45, 2.75) is 13.8 Å². The first-order valence-electron chi connectivity index (χ1n) is 7.66. The average Bonchev–Trinajstić information content (AvgIpc) is 2.60. The van der Waals surface area contributed by atoms with Crippen LogP contribution in [-0.4, -0.2) is 15.7 Å². The van der Waals surface area contributed by atoms with E-state index in [4.69, 9.17) is 0 Å². The second-order valence-electron chi connectivity index (χ2n) is 5.52. The Hall–Kier alpha value is -3.21. The van der Waals surface area contributed by atoms with Crippen molar-refractivity contribution in [1.29, 1.82) is 0 Å². The molecule has 2 N–H and O–H groups in total. The van der Waals surface area contributed by atoms with Gasteiger partial charge in [-0.25, -0.2) is 10.4 Å². The SMILES string of the molecule is C/C(=N/Nc1nc(-c2ccccc2)cc(=O)[nH]1)c1ccc(C)cc1. The van der Waals surface area contributed by atoms with Crippen molar-refractivity contribution in [3.63, 3.8) is 0 Å². The van der Waals surface area contributed by atoms with E-state index >= 15 is 0 Å². The highest BCUT2D eigenvalue weighted by Gasteiger charge is 2.03. The molecule has 1 aromatic heterocycles. The van der Waals surface area contributed by atoms with Crippen molar-refractivity contribution in [3.05, 3.63) is 82.1 Å². The van der Waals surface area contributed by atoms with E-state index in [2.05, 4.69) is 20.5 Å². The van der Waals surface area contributed by atoms with Gasteiger partial charge in [-0.3, -0.25) is 9.78 Å². The summed E-state index contributed by atoms with van der Waals surface area (Å²) in [7, 11) is 0. The highest BCUT2D eigenvalue weighted by molar-refractivity contribution is 5.99. The first kappa shape index (κ1) is 15.7. The van der Waals surface area contributed by atoms with E-state index in [0.717, 1.165) is 16.8 Å². The zero-order valence-electron chi connectivity index (χ0n) is 13.6. The molecular weight excluding hydrogens is 300 g/mol. The minimum atomic E-state index is -0.227. The molecule has 5 heteroatoms. The molecular formula is C19H18N4O. The Morgan fingerprint density at radius 3 is 2.50 bits per heavy atom. The summed E-state index contributed by atoms with van der Waals surface area (Å²) >= 11 is 0. The Kier molecular flexibility index (Phi) is 4.52. The average molecular weight is 318 g/mol. The maximum atomic E-state index is 11.9. The Balaban J connectivity index is 1.85. The monoisotopic (exact) mass is 318 g/mol. The number of nitrogens with zero attached hydrogens (tertiary/aromatic N) is 2. The molecule has 24 heavy (non-hydrogen) atoms. The van der Waals surface area contributed by atoms with E-state index in [-0.39, 0.29) is 5.56 Å². The third-order valence-corrected chi connectivity index (χ3v) is 3.61. The molecule has 0 bridgehead atoms. The van der Waals surface area contributed by atoms with Gasteiger partial charge in [0.2, 0.25) is 5.95 Å². The fraction of sp³-hybridized carbons (Fsp3) is 0.105. The van der Waals surface area contributed by atoms with Crippen molar-refractivity contribution >= 4 is 11.7 Å². The summed E-state index contributed by atoms with van der Waals surface area (Å²) in [6.45, 7) is 3.94. The lowest BCUT2D eigenvalue weighted by molar-refractivity contribution is 1.08. The van der Waals surface area contributed by atoms with Gasteiger partial charge in [0.05, 0.1) is 11.4 Å². The van der Waals surface area contributed by atoms with Gasteiger partial charge in [-0.05, 0) is 19.4 Å². The predicted molar refractivity (Wildman–Crippen MR) is 97.3 cm³/mol. The molecule has 0 atom stereocenters. The van der Waals surface area contributed by atoms with Crippen LogP contribution in [-0.2, 0) is 0 Å². The molecule has 0 unspecified atom stereocenters. The van der Waals surface area contributed by atoms with Crippen molar-refractivity contribution in [1.82, 2.24) is 9.97 Å². The number of rotatable bonds is 4. The van der Waals surface area contributed by atoms with E-state index in [1.54, 1.807) is 0 Å². The minimum Gasteiger partial charge on any atom is -0.291 e. The summed E-state index contributed by atoms with van der Waals surface area (Å²) in [5.41, 5.74) is 7.10. The van der Waals surface area contributed by atoms with E-state index in [1.165, 1.54) is 11.6 Å². The van der Waals surface area contributed by atoms with Gasteiger partial charge < -0.3 is 0 Å². The van der Waals surface area contributed by atoms with Gasteiger partial charge in [0.1, 0.15) is 0 Å². The molecule has 3 aromatic rings. The predicted octanol–water partition coefficient (Wildman–Crippen LogP) is 3.58. The maximum Gasteiger partial charge on any atom is 0.252 e. The van der Waals surface area contributed by atoms with Gasteiger partial charge in [-0.2, -0.15) is 5.10 Å². The number of H-pyrrole nitrogens is 1. The third kappa shape index (κ3) is 3.76. The number of aryl methyl sites for hydroxylation is 1. The number of hydrazone groups is 1. The van der Waals surface area contributed by atoms with E-state index in [1.807, 2.05) is 68.4 Å². The molecule has 0 amide bonds. The molecule has 120 valence electrons. The number of nitrogens with one attached hydrogen (secondary N) is 2. The first-order chi connectivity index (χ1) is 11.6. The molecule has 1 heterocycles. The summed E-state index contributed by atoms with van der Waals surface area (Å²) in [6.07, 6.45) is 0. The Morgan fingerprint density at radius 2 is 1.79 bits per heavy atom. The van der Waals surface area contributed by atoms with Crippen LogP contribution in [0.1, 0.15) is 18.1 Å². The number of benzene rings is 2. The number of aromatic amines is 1. The van der Waals surface area contributed by atoms with Crippen LogP contribution in [0.15, 0.2) is 70.6 Å². The minimum absolute atomic E-state index is 0.227. The number of anilines is 1. The van der Waals surface area contributed by atoms with Crippen LogP contribution in [0.25, 0.3) is 11.3 Å². The topological polar surface area (TPSA) is 70.1 Å². The number of hydrogen-bond acceptors (Lipinski definition) is 4. The molecule has 5 nitrogen and oxygen atoms in total. The fourth-order valence-electron chi connectivity index (χ4n) is 2.26. The Bertz CT molecular complexity index is 912. The van der Waals surface area contributed by atoms with Crippen molar-refractivity contribution in [2.75, 3.05) is 5.43 Å². The lowest BCUT2D eigenvalue weighted by atomic mass is 10.1. The molecule has 0 radical (unpaired) electrons. The van der Waals surface area contributed by atoms with Crippen LogP contribution >= 0.6 is 0 Å². The molecule has 0 aliphatic carbocycles. The van der Waals surface area contributed by atoms with Crippen LogP contribution in [0.5, 0.6) is 0 Å². The van der Waals surface area contributed by atoms with Gasteiger partial charge in [0.25, 0.3) is 5.56 Å². The largest absolute Gasteiger partial charge is 0.291 e. The lowest BCUT2D eigenvalue weighted by Gasteiger charge is -2.05. The van der Waals surface area contributed by atoms with E-state index in [0.29, 0.717) is 11.6 Å². The van der Waals surface area contributed by atoms with E-state index in [9.17, 15) is 4.79 Å². The van der Waals surface area contributed by atoms with Crippen LogP contribution in [0.3, 0.4) is 0 Å². The van der Waals surface area contributed by atoms with Crippen molar-refractivity contribution in [3.8, 4) is 11.3 Å². The molecule has 2 aromatic carbocycles. The summed E-state index contributed by atoms with van der Waals surface area (Å²) in [4.78, 5) is 18.9. The second kappa shape index (κ2) is 6.91. The third-order valence-electron chi connectivity index (χ3n) is 3.61. The molecule has 0 saturated carbocycles. The van der Waals surface area contributed by atoms with Crippen LogP contribution in [0.4, 0.5) is 5.95 Å². The molecule has 0 fully saturated rings. The van der Waals surface area contributed by atoms with Gasteiger partial charge in [0.15, 0.2) is 0 Å². The quantitative estimate of drug-likeness (QED) is 0.570. The Morgan fingerprint density at radius 1 is 1.08 bits per heavy atom. The number of aromatic nitrogens is 2. The molecule has 0 aliphatic heterocycles. The smallest absolute Gasteiger partial charge is 0.252 e. The van der Waals surface area contributed by atoms with Gasteiger partial charge in [-0.1, -0.05) is 60.2 Å². The Labute approximate surface area is 140 Å². The first-order valence-corrected chi connectivity index (χ1v) is 7.66. The van der Waals surface area contributed by atoms with Crippen molar-refractivity contribution < 1.29 is 0 Å². The summed E-state index contributed by atoms with van der Waals surface area (Å²) < 4.78 is 0. The van der Waals surface area contributed by atoms with Crippen LogP contribution in [0.2, 0.25) is 0 Å². The van der Waals surface area contributed by atoms with Crippen LogP contribution in [0, 0.1) is 6.92 Å². The molecule has 3 rings (SSSR count). The van der Waals surface area contributed by atoms with Crippen molar-refractivity contribution in [2.24, 2.45) is 5.10 Å². The van der Waals surface area contributed by atoms with Gasteiger partial charge in [-0.15, -0.1) is 0 Å². The fourth-order valence-corrected chi connectivity index (χ4v) is 2.26. The van der Waals surface area contributed by atoms with Crippen LogP contribution < -0.4 is 11.0 Å². The summed E-state index contributed by atoms with van der Waals surface area (Å²) in [5, 5.41) is 4.30. The normalized spacial score (nSPS) is 11.3. The maximum absolute atomic E-state index is 11.9. The van der Waals surface area contributed by atoms with Gasteiger partial charge >= 0.3 is 0 Å². The number of hydrogen-bond donors (Lipinski definition) is 2. The molecule has 0 saturated heterocycles. The highest BCUT2D eigenvalue weighted by Crippen LogP contribution is 2.15. The van der Waals surface area contributed by atoms with E-state index < -0.39 is 0 Å². The highest BCUT2D eigenvalue weighted by atomic mass is 16.1. The molecule has 0 aliphatic rings. The molecule has 0 spiro atoms. The lowest BCUT2D eigenvalue weighted by Crippen LogP contribution is -2.11. The summed E-state index contributed by atoms with van der Waals surface area (Å²) in [6, 6.07) is 19.1. The second-order valence-corrected chi connectivity index (χ2v) is 5.52. The zero-order valence-corrected chi connectivity index (χ0v) is 13.6. The van der Waals surface area contributed by atoms with Gasteiger partial charge in [0, 0.05) is 11.6 Å². The summed E-state index contributed by atoms with van der Waals surface area (Å²) in [5.74, 6) is 0.313. The standard InChI is InChI=1S/C19H18N4O/c1-13-8-10-15(11-9-13)14(2)22-23-19-20-17(12-18(24)21-19)16-6-4-3-5-7-16/h3-12H,1-2H3,(H2,20,21,23,24)/b22-14-. The zero-order chi connectivity index (χ0) is 16.9.